The van der Waals surface area contributed by atoms with Gasteiger partial charge < -0.3 is 8.98 Å². The molecule has 3 heteroatoms. The Morgan fingerprint density at radius 2 is 1.15 bits per heavy atom. The number of rotatable bonds is 2. The second-order valence-corrected chi connectivity index (χ2v) is 11.3. The number of thiophene rings is 1. The highest BCUT2D eigenvalue weighted by Gasteiger charge is 2.15. The zero-order chi connectivity index (χ0) is 25.5. The van der Waals surface area contributed by atoms with Gasteiger partial charge in [0.05, 0.1) is 11.0 Å². The minimum Gasteiger partial charge on any atom is -0.456 e. The van der Waals surface area contributed by atoms with Crippen molar-refractivity contribution < 1.29 is 4.42 Å². The Kier molecular flexibility index (Phi) is 4.24. The predicted octanol–water partition coefficient (Wildman–Crippen LogP) is 10.7. The number of hydrogen-bond donors (Lipinski definition) is 0. The molecule has 6 aromatic carbocycles. The minimum absolute atomic E-state index is 0.923. The number of fused-ring (bicyclic) bond motifs is 9. The standard InChI is InChI=1S/C36H21NOS/c1-4-10-31-25(7-1)29-21-36-30(28-9-3-6-12-35(28)39-36)20-32(29)37(31)24-16-13-22(14-17-24)23-15-18-27-26-8-2-5-11-33(26)38-34(27)19-23/h1-21H. The van der Waals surface area contributed by atoms with Gasteiger partial charge >= 0.3 is 0 Å². The summed E-state index contributed by atoms with van der Waals surface area (Å²) in [6.45, 7) is 0. The van der Waals surface area contributed by atoms with E-state index < -0.39 is 0 Å². The number of furan rings is 1. The van der Waals surface area contributed by atoms with Crippen LogP contribution >= 0.6 is 11.3 Å². The summed E-state index contributed by atoms with van der Waals surface area (Å²) in [6, 6.07) is 45.9. The molecule has 0 aliphatic rings. The lowest BCUT2D eigenvalue weighted by atomic mass is 10.0. The summed E-state index contributed by atoms with van der Waals surface area (Å²) in [5.74, 6) is 0. The summed E-state index contributed by atoms with van der Waals surface area (Å²) in [4.78, 5) is 0. The predicted molar refractivity (Wildman–Crippen MR) is 166 cm³/mol. The molecule has 0 radical (unpaired) electrons. The van der Waals surface area contributed by atoms with Crippen LogP contribution in [0.3, 0.4) is 0 Å². The van der Waals surface area contributed by atoms with Gasteiger partial charge in [0.1, 0.15) is 11.2 Å². The van der Waals surface area contributed by atoms with Crippen LogP contribution in [0.5, 0.6) is 0 Å². The molecule has 0 aliphatic carbocycles. The third-order valence-corrected chi connectivity index (χ3v) is 9.14. The van der Waals surface area contributed by atoms with Gasteiger partial charge in [-0.25, -0.2) is 0 Å². The smallest absolute Gasteiger partial charge is 0.136 e. The van der Waals surface area contributed by atoms with Crippen molar-refractivity contribution in [1.82, 2.24) is 4.57 Å². The van der Waals surface area contributed by atoms with Crippen molar-refractivity contribution in [2.75, 3.05) is 0 Å². The Morgan fingerprint density at radius 1 is 0.436 bits per heavy atom. The summed E-state index contributed by atoms with van der Waals surface area (Å²) in [6.07, 6.45) is 0. The molecule has 182 valence electrons. The van der Waals surface area contributed by atoms with Crippen LogP contribution in [0.2, 0.25) is 0 Å². The number of aromatic nitrogens is 1. The molecule has 9 rings (SSSR count). The molecule has 0 saturated carbocycles. The Bertz CT molecular complexity index is 2380. The molecule has 3 aromatic heterocycles. The average Bonchev–Trinajstić information content (AvgIpc) is 3.65. The molecule has 0 spiro atoms. The first-order valence-electron chi connectivity index (χ1n) is 13.2. The molecular weight excluding hydrogens is 494 g/mol. The largest absolute Gasteiger partial charge is 0.456 e. The molecule has 0 fully saturated rings. The van der Waals surface area contributed by atoms with Crippen LogP contribution in [0.15, 0.2) is 132 Å². The van der Waals surface area contributed by atoms with E-state index in [4.69, 9.17) is 4.42 Å². The molecule has 0 bridgehead atoms. The van der Waals surface area contributed by atoms with Gasteiger partial charge in [-0.1, -0.05) is 72.8 Å². The first kappa shape index (κ1) is 21.1. The maximum absolute atomic E-state index is 6.15. The normalized spacial score (nSPS) is 12.1. The van der Waals surface area contributed by atoms with E-state index in [0.29, 0.717) is 0 Å². The fourth-order valence-electron chi connectivity index (χ4n) is 6.17. The van der Waals surface area contributed by atoms with Gasteiger partial charge in [0, 0.05) is 47.4 Å². The highest BCUT2D eigenvalue weighted by molar-refractivity contribution is 7.25. The van der Waals surface area contributed by atoms with Crippen molar-refractivity contribution in [3.63, 3.8) is 0 Å². The van der Waals surface area contributed by atoms with E-state index in [0.717, 1.165) is 33.2 Å². The zero-order valence-electron chi connectivity index (χ0n) is 20.9. The summed E-state index contributed by atoms with van der Waals surface area (Å²) >= 11 is 1.87. The van der Waals surface area contributed by atoms with Gasteiger partial charge in [0.25, 0.3) is 0 Å². The maximum Gasteiger partial charge on any atom is 0.136 e. The van der Waals surface area contributed by atoms with Crippen LogP contribution < -0.4 is 0 Å². The van der Waals surface area contributed by atoms with Crippen LogP contribution in [-0.2, 0) is 0 Å². The lowest BCUT2D eigenvalue weighted by Gasteiger charge is -2.10. The summed E-state index contributed by atoms with van der Waals surface area (Å²) in [5, 5.41) is 7.54. The zero-order valence-corrected chi connectivity index (χ0v) is 21.7. The van der Waals surface area contributed by atoms with Gasteiger partial charge in [-0.3, -0.25) is 0 Å². The first-order chi connectivity index (χ1) is 19.3. The number of benzene rings is 6. The van der Waals surface area contributed by atoms with E-state index >= 15 is 0 Å². The first-order valence-corrected chi connectivity index (χ1v) is 14.0. The van der Waals surface area contributed by atoms with E-state index in [1.807, 2.05) is 23.5 Å². The molecule has 2 nitrogen and oxygen atoms in total. The third kappa shape index (κ3) is 3.02. The quantitative estimate of drug-likeness (QED) is 0.224. The van der Waals surface area contributed by atoms with Crippen LogP contribution in [0.1, 0.15) is 0 Å². The fraction of sp³-hybridized carbons (Fsp3) is 0. The summed E-state index contributed by atoms with van der Waals surface area (Å²) in [5.41, 5.74) is 7.81. The van der Waals surface area contributed by atoms with Gasteiger partial charge in [0.15, 0.2) is 0 Å². The van der Waals surface area contributed by atoms with E-state index in [1.54, 1.807) is 0 Å². The molecule has 0 saturated heterocycles. The van der Waals surface area contributed by atoms with Gasteiger partial charge in [-0.05, 0) is 65.7 Å². The Balaban J connectivity index is 1.23. The average molecular weight is 516 g/mol. The second-order valence-electron chi connectivity index (χ2n) is 10.2. The molecule has 0 amide bonds. The second kappa shape index (κ2) is 7.83. The van der Waals surface area contributed by atoms with E-state index in [2.05, 4.69) is 120 Å². The van der Waals surface area contributed by atoms with Crippen LogP contribution in [0.4, 0.5) is 0 Å². The lowest BCUT2D eigenvalue weighted by Crippen LogP contribution is -1.93. The van der Waals surface area contributed by atoms with Crippen LogP contribution in [0, 0.1) is 0 Å². The van der Waals surface area contributed by atoms with E-state index in [9.17, 15) is 0 Å². The third-order valence-electron chi connectivity index (χ3n) is 8.01. The van der Waals surface area contributed by atoms with Crippen LogP contribution in [0.25, 0.3) is 80.7 Å². The number of nitrogens with zero attached hydrogens (tertiary/aromatic N) is 1. The van der Waals surface area contributed by atoms with Crippen molar-refractivity contribution in [3.05, 3.63) is 127 Å². The maximum atomic E-state index is 6.15. The molecule has 0 aliphatic heterocycles. The topological polar surface area (TPSA) is 18.1 Å². The Hall–Kier alpha value is -4.86. The van der Waals surface area contributed by atoms with Crippen molar-refractivity contribution in [2.24, 2.45) is 0 Å². The molecule has 39 heavy (non-hydrogen) atoms. The van der Waals surface area contributed by atoms with Crippen LogP contribution in [-0.4, -0.2) is 4.57 Å². The van der Waals surface area contributed by atoms with Gasteiger partial charge in [-0.15, -0.1) is 11.3 Å². The van der Waals surface area contributed by atoms with Crippen molar-refractivity contribution in [3.8, 4) is 16.8 Å². The monoisotopic (exact) mass is 515 g/mol. The Labute approximate surface area is 227 Å². The minimum atomic E-state index is 0.923. The summed E-state index contributed by atoms with van der Waals surface area (Å²) < 4.78 is 11.2. The summed E-state index contributed by atoms with van der Waals surface area (Å²) in [7, 11) is 0. The van der Waals surface area contributed by atoms with Crippen molar-refractivity contribution in [1.29, 1.82) is 0 Å². The molecule has 0 unspecified atom stereocenters. The molecule has 0 atom stereocenters. The molecule has 9 aromatic rings. The lowest BCUT2D eigenvalue weighted by molar-refractivity contribution is 0.669. The SMILES string of the molecule is c1ccc2c(c1)oc1cc(-c3ccc(-n4c5ccccc5c5cc6sc7ccccc7c6cc54)cc3)ccc12. The van der Waals surface area contributed by atoms with E-state index in [-0.39, 0.29) is 0 Å². The Morgan fingerprint density at radius 3 is 2.05 bits per heavy atom. The highest BCUT2D eigenvalue weighted by Crippen LogP contribution is 2.41. The number of hydrogen-bond acceptors (Lipinski definition) is 2. The van der Waals surface area contributed by atoms with Crippen molar-refractivity contribution >= 4 is 75.3 Å². The number of para-hydroxylation sites is 2. The fourth-order valence-corrected chi connectivity index (χ4v) is 7.30. The molecule has 3 heterocycles. The van der Waals surface area contributed by atoms with Crippen molar-refractivity contribution in [2.45, 2.75) is 0 Å². The van der Waals surface area contributed by atoms with Gasteiger partial charge in [0.2, 0.25) is 0 Å². The highest BCUT2D eigenvalue weighted by atomic mass is 32.1. The molecule has 0 N–H and O–H groups in total. The van der Waals surface area contributed by atoms with E-state index in [1.165, 1.54) is 47.5 Å². The van der Waals surface area contributed by atoms with Gasteiger partial charge in [-0.2, -0.15) is 0 Å². The molecular formula is C36H21NOS.